The molecule has 0 aliphatic heterocycles. The summed E-state index contributed by atoms with van der Waals surface area (Å²) in [6, 6.07) is 7.52. The third-order valence-electron chi connectivity index (χ3n) is 2.61. The summed E-state index contributed by atoms with van der Waals surface area (Å²) in [6.07, 6.45) is 0.634. The van der Waals surface area contributed by atoms with Gasteiger partial charge in [-0.25, -0.2) is 0 Å². The zero-order chi connectivity index (χ0) is 13.5. The molecule has 18 heavy (non-hydrogen) atoms. The summed E-state index contributed by atoms with van der Waals surface area (Å²) >= 11 is 0. The minimum atomic E-state index is -1.12. The molecule has 0 spiro atoms. The van der Waals surface area contributed by atoms with Gasteiger partial charge in [0.25, 0.3) is 0 Å². The van der Waals surface area contributed by atoms with Gasteiger partial charge in [-0.3, -0.25) is 9.59 Å². The fourth-order valence-corrected chi connectivity index (χ4v) is 1.42. The number of carboxylic acids is 1. The number of nitrogens with one attached hydrogen (secondary N) is 1. The molecule has 1 rings (SSSR count). The summed E-state index contributed by atoms with van der Waals surface area (Å²) in [6.45, 7) is 1.77. The van der Waals surface area contributed by atoms with Crippen molar-refractivity contribution >= 4 is 11.9 Å². The molecule has 1 amide bonds. The van der Waals surface area contributed by atoms with E-state index in [-0.39, 0.29) is 0 Å². The SMILES string of the molecule is COc1cccc(CCNC(=O)C(C)C(=O)O)c1. The van der Waals surface area contributed by atoms with Crippen molar-refractivity contribution in [1.29, 1.82) is 0 Å². The number of carbonyl (C=O) groups is 2. The minimum Gasteiger partial charge on any atom is -0.497 e. The second kappa shape index (κ2) is 6.64. The normalized spacial score (nSPS) is 11.7. The second-order valence-corrected chi connectivity index (χ2v) is 3.95. The number of benzene rings is 1. The van der Waals surface area contributed by atoms with Gasteiger partial charge in [0, 0.05) is 6.54 Å². The molecule has 5 heteroatoms. The molecule has 98 valence electrons. The Morgan fingerprint density at radius 2 is 2.17 bits per heavy atom. The van der Waals surface area contributed by atoms with Gasteiger partial charge in [-0.05, 0) is 31.0 Å². The van der Waals surface area contributed by atoms with Crippen LogP contribution < -0.4 is 10.1 Å². The fraction of sp³-hybridized carbons (Fsp3) is 0.385. The molecule has 0 radical (unpaired) electrons. The zero-order valence-corrected chi connectivity index (χ0v) is 10.5. The largest absolute Gasteiger partial charge is 0.497 e. The van der Waals surface area contributed by atoms with Crippen LogP contribution in [-0.2, 0) is 16.0 Å². The Labute approximate surface area is 106 Å². The Morgan fingerprint density at radius 1 is 1.44 bits per heavy atom. The van der Waals surface area contributed by atoms with Crippen molar-refractivity contribution in [2.75, 3.05) is 13.7 Å². The number of ether oxygens (including phenoxy) is 1. The molecule has 0 fully saturated rings. The summed E-state index contributed by atoms with van der Waals surface area (Å²) in [5, 5.41) is 11.2. The van der Waals surface area contributed by atoms with Gasteiger partial charge in [0.2, 0.25) is 5.91 Å². The molecule has 1 atom stereocenters. The summed E-state index contributed by atoms with van der Waals surface area (Å²) in [7, 11) is 1.59. The van der Waals surface area contributed by atoms with E-state index >= 15 is 0 Å². The van der Waals surface area contributed by atoms with Crippen LogP contribution in [0.15, 0.2) is 24.3 Å². The maximum Gasteiger partial charge on any atom is 0.315 e. The van der Waals surface area contributed by atoms with E-state index in [1.54, 1.807) is 7.11 Å². The minimum absolute atomic E-state index is 0.406. The summed E-state index contributed by atoms with van der Waals surface area (Å²) in [5.41, 5.74) is 1.03. The van der Waals surface area contributed by atoms with Crippen LogP contribution in [0.3, 0.4) is 0 Å². The Morgan fingerprint density at radius 3 is 2.78 bits per heavy atom. The van der Waals surface area contributed by atoms with E-state index in [0.717, 1.165) is 11.3 Å². The van der Waals surface area contributed by atoms with Crippen LogP contribution in [0, 0.1) is 5.92 Å². The number of hydrogen-bond acceptors (Lipinski definition) is 3. The van der Waals surface area contributed by atoms with Crippen molar-refractivity contribution in [3.8, 4) is 5.75 Å². The van der Waals surface area contributed by atoms with Gasteiger partial charge in [0.1, 0.15) is 11.7 Å². The molecule has 0 bridgehead atoms. The third kappa shape index (κ3) is 4.08. The van der Waals surface area contributed by atoms with Gasteiger partial charge < -0.3 is 15.2 Å². The Hall–Kier alpha value is -2.04. The quantitative estimate of drug-likeness (QED) is 0.742. The number of rotatable bonds is 6. The lowest BCUT2D eigenvalue weighted by Crippen LogP contribution is -2.34. The van der Waals surface area contributed by atoms with E-state index < -0.39 is 17.8 Å². The average Bonchev–Trinajstić information content (AvgIpc) is 2.37. The van der Waals surface area contributed by atoms with Gasteiger partial charge in [-0.1, -0.05) is 12.1 Å². The van der Waals surface area contributed by atoms with Crippen molar-refractivity contribution < 1.29 is 19.4 Å². The first kappa shape index (κ1) is 14.0. The molecule has 0 heterocycles. The van der Waals surface area contributed by atoms with Crippen molar-refractivity contribution in [2.24, 2.45) is 5.92 Å². The van der Waals surface area contributed by atoms with Gasteiger partial charge in [-0.15, -0.1) is 0 Å². The molecule has 2 N–H and O–H groups in total. The smallest absolute Gasteiger partial charge is 0.315 e. The Balaban J connectivity index is 2.41. The van der Waals surface area contributed by atoms with Gasteiger partial charge in [0.05, 0.1) is 7.11 Å². The molecule has 0 aliphatic carbocycles. The topological polar surface area (TPSA) is 75.6 Å². The monoisotopic (exact) mass is 251 g/mol. The fourth-order valence-electron chi connectivity index (χ4n) is 1.42. The Bertz CT molecular complexity index is 431. The predicted molar refractivity (Wildman–Crippen MR) is 66.5 cm³/mol. The summed E-state index contributed by atoms with van der Waals surface area (Å²) in [4.78, 5) is 22.0. The van der Waals surface area contributed by atoms with E-state index in [2.05, 4.69) is 5.32 Å². The van der Waals surface area contributed by atoms with E-state index in [4.69, 9.17) is 9.84 Å². The van der Waals surface area contributed by atoms with Crippen molar-refractivity contribution in [3.63, 3.8) is 0 Å². The first-order valence-electron chi connectivity index (χ1n) is 5.68. The molecule has 1 aromatic rings. The van der Waals surface area contributed by atoms with E-state index in [0.29, 0.717) is 13.0 Å². The number of carboxylic acid groups (broad SMARTS) is 1. The first-order chi connectivity index (χ1) is 8.54. The van der Waals surface area contributed by atoms with Crippen LogP contribution in [0.1, 0.15) is 12.5 Å². The summed E-state index contributed by atoms with van der Waals surface area (Å²) < 4.78 is 5.09. The standard InChI is InChI=1S/C13H17NO4/c1-9(13(16)17)12(15)14-7-6-10-4-3-5-11(8-10)18-2/h3-5,8-9H,6-7H2,1-2H3,(H,14,15)(H,16,17). The molecule has 5 nitrogen and oxygen atoms in total. The average molecular weight is 251 g/mol. The molecule has 0 saturated carbocycles. The molecule has 0 aliphatic rings. The van der Waals surface area contributed by atoms with Crippen molar-refractivity contribution in [2.45, 2.75) is 13.3 Å². The lowest BCUT2D eigenvalue weighted by molar-refractivity contribution is -0.146. The van der Waals surface area contributed by atoms with Gasteiger partial charge in [-0.2, -0.15) is 0 Å². The highest BCUT2D eigenvalue weighted by Gasteiger charge is 2.19. The third-order valence-corrected chi connectivity index (χ3v) is 2.61. The van der Waals surface area contributed by atoms with E-state index in [1.165, 1.54) is 6.92 Å². The second-order valence-electron chi connectivity index (χ2n) is 3.95. The lowest BCUT2D eigenvalue weighted by Gasteiger charge is -2.08. The van der Waals surface area contributed by atoms with Crippen LogP contribution in [-0.4, -0.2) is 30.6 Å². The number of aliphatic carboxylic acids is 1. The molecule has 0 aromatic heterocycles. The van der Waals surface area contributed by atoms with Crippen LogP contribution in [0.4, 0.5) is 0 Å². The Kier molecular flexibility index (Phi) is 5.17. The number of carbonyl (C=O) groups excluding carboxylic acids is 1. The molecule has 0 saturated heterocycles. The maximum atomic E-state index is 11.4. The summed E-state index contributed by atoms with van der Waals surface area (Å²) in [5.74, 6) is -1.84. The van der Waals surface area contributed by atoms with Crippen molar-refractivity contribution in [3.05, 3.63) is 29.8 Å². The highest BCUT2D eigenvalue weighted by Crippen LogP contribution is 2.12. The molecular weight excluding hydrogens is 234 g/mol. The lowest BCUT2D eigenvalue weighted by atomic mass is 10.1. The van der Waals surface area contributed by atoms with Crippen LogP contribution in [0.25, 0.3) is 0 Å². The predicted octanol–water partition coefficient (Wildman–Crippen LogP) is 1.07. The van der Waals surface area contributed by atoms with E-state index in [1.807, 2.05) is 24.3 Å². The van der Waals surface area contributed by atoms with Gasteiger partial charge in [0.15, 0.2) is 0 Å². The van der Waals surface area contributed by atoms with Crippen LogP contribution in [0.2, 0.25) is 0 Å². The molecular formula is C13H17NO4. The molecule has 1 aromatic carbocycles. The highest BCUT2D eigenvalue weighted by molar-refractivity contribution is 5.96. The van der Waals surface area contributed by atoms with E-state index in [9.17, 15) is 9.59 Å². The number of hydrogen-bond donors (Lipinski definition) is 2. The number of methoxy groups -OCH3 is 1. The van der Waals surface area contributed by atoms with Crippen LogP contribution in [0.5, 0.6) is 5.75 Å². The van der Waals surface area contributed by atoms with Crippen LogP contribution >= 0.6 is 0 Å². The highest BCUT2D eigenvalue weighted by atomic mass is 16.5. The number of amides is 1. The molecule has 1 unspecified atom stereocenters. The maximum absolute atomic E-state index is 11.4. The zero-order valence-electron chi connectivity index (χ0n) is 10.5. The first-order valence-corrected chi connectivity index (χ1v) is 5.68. The van der Waals surface area contributed by atoms with Gasteiger partial charge >= 0.3 is 5.97 Å². The van der Waals surface area contributed by atoms with Crippen molar-refractivity contribution in [1.82, 2.24) is 5.32 Å².